The van der Waals surface area contributed by atoms with Crippen molar-refractivity contribution in [2.45, 2.75) is 13.1 Å². The monoisotopic (exact) mass is 288 g/mol. The van der Waals surface area contributed by atoms with Crippen LogP contribution in [0.2, 0.25) is 0 Å². The van der Waals surface area contributed by atoms with Crippen LogP contribution in [-0.2, 0) is 4.79 Å². The first kappa shape index (κ1) is 15.7. The number of aliphatic hydroxyl groups excluding tert-OH is 1. The minimum absolute atomic E-state index is 0.208. The number of methoxy groups -OCH3 is 1. The summed E-state index contributed by atoms with van der Waals surface area (Å²) in [6, 6.07) is 5.92. The first-order chi connectivity index (χ1) is 9.25. The molecule has 5 nitrogen and oxygen atoms in total. The van der Waals surface area contributed by atoms with E-state index in [1.54, 1.807) is 0 Å². The zero-order valence-corrected chi connectivity index (χ0v) is 10.6. The van der Waals surface area contributed by atoms with Crippen LogP contribution in [0.3, 0.4) is 0 Å². The van der Waals surface area contributed by atoms with Crippen LogP contribution in [0.5, 0.6) is 5.75 Å². The molecule has 0 saturated heterocycles. The second kappa shape index (κ2) is 6.18. The normalized spacial score (nSPS) is 13.2. The lowest BCUT2D eigenvalue weighted by atomic mass is 10.3. The fourth-order valence-electron chi connectivity index (χ4n) is 1.18. The van der Waals surface area contributed by atoms with Crippen molar-refractivity contribution in [2.75, 3.05) is 7.11 Å². The van der Waals surface area contributed by atoms with Crippen molar-refractivity contribution in [3.8, 4) is 5.75 Å². The number of azo groups is 1. The fourth-order valence-corrected chi connectivity index (χ4v) is 1.18. The number of alkyl halides is 3. The molecule has 1 rings (SSSR count). The van der Waals surface area contributed by atoms with E-state index >= 15 is 0 Å². The molecular weight excluding hydrogens is 277 g/mol. The van der Waals surface area contributed by atoms with Crippen LogP contribution in [0, 0.1) is 0 Å². The molecule has 0 heterocycles. The van der Waals surface area contributed by atoms with E-state index in [-0.39, 0.29) is 5.69 Å². The molecule has 0 bridgehead atoms. The lowest BCUT2D eigenvalue weighted by Crippen LogP contribution is -2.16. The second-order valence-electron chi connectivity index (χ2n) is 3.65. The van der Waals surface area contributed by atoms with Crippen LogP contribution in [0.25, 0.3) is 0 Å². The molecule has 8 heteroatoms. The lowest BCUT2D eigenvalue weighted by molar-refractivity contribution is -0.126. The van der Waals surface area contributed by atoms with E-state index in [9.17, 15) is 18.0 Å². The molecule has 0 saturated carbocycles. The Balaban J connectivity index is 3.07. The first-order valence-electron chi connectivity index (χ1n) is 5.33. The van der Waals surface area contributed by atoms with Gasteiger partial charge in [0.15, 0.2) is 11.5 Å². The Morgan fingerprint density at radius 2 is 1.80 bits per heavy atom. The Hall–Kier alpha value is -2.38. The molecule has 0 spiro atoms. The van der Waals surface area contributed by atoms with Crippen LogP contribution < -0.4 is 4.74 Å². The van der Waals surface area contributed by atoms with Crippen molar-refractivity contribution >= 4 is 11.5 Å². The van der Waals surface area contributed by atoms with Crippen molar-refractivity contribution in [3.63, 3.8) is 0 Å². The van der Waals surface area contributed by atoms with Gasteiger partial charge in [0.05, 0.1) is 12.8 Å². The molecule has 0 aliphatic heterocycles. The van der Waals surface area contributed by atoms with Crippen LogP contribution >= 0.6 is 0 Å². The molecule has 0 amide bonds. The molecule has 0 radical (unpaired) electrons. The van der Waals surface area contributed by atoms with Crippen molar-refractivity contribution < 1.29 is 27.8 Å². The number of halogens is 3. The quantitative estimate of drug-likeness (QED) is 0.521. The number of hydrogen-bond donors (Lipinski definition) is 1. The molecule has 0 aliphatic rings. The Morgan fingerprint density at radius 3 is 2.20 bits per heavy atom. The van der Waals surface area contributed by atoms with Gasteiger partial charge in [-0.3, -0.25) is 4.79 Å². The zero-order valence-electron chi connectivity index (χ0n) is 10.6. The van der Waals surface area contributed by atoms with Gasteiger partial charge in [-0.15, -0.1) is 5.11 Å². The Bertz CT molecular complexity index is 548. The number of carbonyl (C=O) groups excluding carboxylic acids is 1. The van der Waals surface area contributed by atoms with Crippen molar-refractivity contribution in [1.82, 2.24) is 0 Å². The molecule has 20 heavy (non-hydrogen) atoms. The molecule has 0 aliphatic carbocycles. The van der Waals surface area contributed by atoms with Crippen LogP contribution in [-0.4, -0.2) is 24.2 Å². The summed E-state index contributed by atoms with van der Waals surface area (Å²) >= 11 is 0. The Morgan fingerprint density at radius 1 is 1.25 bits per heavy atom. The third kappa shape index (κ3) is 4.08. The highest BCUT2D eigenvalue weighted by Crippen LogP contribution is 2.28. The van der Waals surface area contributed by atoms with Crippen LogP contribution in [0.4, 0.5) is 18.9 Å². The maximum atomic E-state index is 12.3. The smallest absolute Gasteiger partial charge is 0.451 e. The van der Waals surface area contributed by atoms with E-state index < -0.39 is 23.4 Å². The van der Waals surface area contributed by atoms with E-state index in [0.29, 0.717) is 5.75 Å². The Labute approximate surface area is 112 Å². The first-order valence-corrected chi connectivity index (χ1v) is 5.33. The third-order valence-electron chi connectivity index (χ3n) is 2.16. The van der Waals surface area contributed by atoms with Gasteiger partial charge < -0.3 is 9.84 Å². The minimum Gasteiger partial charge on any atom is -0.503 e. The average Bonchev–Trinajstić information content (AvgIpc) is 2.38. The number of benzene rings is 1. The van der Waals surface area contributed by atoms with Gasteiger partial charge in [-0.1, -0.05) is 0 Å². The van der Waals surface area contributed by atoms with Gasteiger partial charge >= 0.3 is 6.18 Å². The van der Waals surface area contributed by atoms with Gasteiger partial charge in [-0.2, -0.15) is 18.3 Å². The molecule has 0 aromatic heterocycles. The largest absolute Gasteiger partial charge is 0.503 e. The van der Waals surface area contributed by atoms with Crippen LogP contribution in [0.1, 0.15) is 6.92 Å². The second-order valence-corrected chi connectivity index (χ2v) is 3.65. The maximum absolute atomic E-state index is 12.3. The van der Waals surface area contributed by atoms with Crippen molar-refractivity contribution in [3.05, 3.63) is 35.7 Å². The predicted octanol–water partition coefficient (Wildman–Crippen LogP) is 3.70. The van der Waals surface area contributed by atoms with Gasteiger partial charge in [0, 0.05) is 6.92 Å². The number of allylic oxidation sites excluding steroid dienone is 2. The molecule has 0 fully saturated rings. The number of ketones is 1. The Kier molecular flexibility index (Phi) is 4.84. The summed E-state index contributed by atoms with van der Waals surface area (Å²) in [4.78, 5) is 11.1. The highest BCUT2D eigenvalue weighted by atomic mass is 19.4. The number of rotatable bonds is 4. The number of hydrogen-bond acceptors (Lipinski definition) is 5. The highest BCUT2D eigenvalue weighted by Gasteiger charge is 2.38. The number of aliphatic hydroxyl groups is 1. The van der Waals surface area contributed by atoms with E-state index in [1.165, 1.54) is 31.4 Å². The number of nitrogens with zero attached hydrogens (tertiary/aromatic N) is 2. The SMILES string of the molecule is COc1ccc(N=NC(C(C)=O)=C(O)C(F)(F)F)cc1. The summed E-state index contributed by atoms with van der Waals surface area (Å²) < 4.78 is 41.8. The van der Waals surface area contributed by atoms with E-state index in [4.69, 9.17) is 9.84 Å². The molecule has 0 unspecified atom stereocenters. The van der Waals surface area contributed by atoms with E-state index in [0.717, 1.165) is 6.92 Å². The van der Waals surface area contributed by atoms with Gasteiger partial charge in [0.25, 0.3) is 0 Å². The fraction of sp³-hybridized carbons (Fsp3) is 0.250. The van der Waals surface area contributed by atoms with Gasteiger partial charge in [0.2, 0.25) is 5.76 Å². The summed E-state index contributed by atoms with van der Waals surface area (Å²) in [5, 5.41) is 15.6. The number of Topliss-reactive ketones (excluding diaryl/α,β-unsaturated/α-hetero) is 1. The third-order valence-corrected chi connectivity index (χ3v) is 2.16. The predicted molar refractivity (Wildman–Crippen MR) is 63.9 cm³/mol. The summed E-state index contributed by atoms with van der Waals surface area (Å²) in [5.41, 5.74) is -0.937. The standard InChI is InChI=1S/C12H11F3N2O3/c1-7(18)10(11(19)12(13,14)15)17-16-8-3-5-9(20-2)6-4-8/h3-6,19H,1-2H3. The zero-order chi connectivity index (χ0) is 15.3. The average molecular weight is 288 g/mol. The minimum atomic E-state index is -5.06. The van der Waals surface area contributed by atoms with Crippen LogP contribution in [0.15, 0.2) is 46.0 Å². The lowest BCUT2D eigenvalue weighted by Gasteiger charge is -2.06. The molecular formula is C12H11F3N2O3. The molecule has 1 aromatic rings. The molecule has 108 valence electrons. The van der Waals surface area contributed by atoms with Gasteiger partial charge in [0.1, 0.15) is 5.75 Å². The van der Waals surface area contributed by atoms with Gasteiger partial charge in [-0.25, -0.2) is 0 Å². The summed E-state index contributed by atoms with van der Waals surface area (Å²) in [5.74, 6) is -2.58. The van der Waals surface area contributed by atoms with Crippen molar-refractivity contribution in [2.24, 2.45) is 10.2 Å². The van der Waals surface area contributed by atoms with E-state index in [2.05, 4.69) is 10.2 Å². The molecule has 1 N–H and O–H groups in total. The molecule has 0 atom stereocenters. The van der Waals surface area contributed by atoms with E-state index in [1.807, 2.05) is 0 Å². The summed E-state index contributed by atoms with van der Waals surface area (Å²) in [6.07, 6.45) is -5.06. The van der Waals surface area contributed by atoms with Crippen molar-refractivity contribution in [1.29, 1.82) is 0 Å². The number of carbonyl (C=O) groups is 1. The van der Waals surface area contributed by atoms with Gasteiger partial charge in [-0.05, 0) is 24.3 Å². The maximum Gasteiger partial charge on any atom is 0.451 e. The number of ether oxygens (including phenoxy) is 1. The highest BCUT2D eigenvalue weighted by molar-refractivity contribution is 5.93. The summed E-state index contributed by atoms with van der Waals surface area (Å²) in [6.45, 7) is 0.852. The summed E-state index contributed by atoms with van der Waals surface area (Å²) in [7, 11) is 1.45. The molecule has 1 aromatic carbocycles. The topological polar surface area (TPSA) is 71.2 Å².